The molecule has 0 radical (unpaired) electrons. The average Bonchev–Trinajstić information content (AvgIpc) is 2.48. The van der Waals surface area contributed by atoms with E-state index in [0.717, 1.165) is 11.3 Å². The van der Waals surface area contributed by atoms with Gasteiger partial charge in [0, 0.05) is 6.20 Å². The standard InChI is InChI=1S/C15H15N3O2S/c1-20-12-7-5-11(6-8-12)10-14(19)18-15(21)17-13-4-2-3-9-16-13/h2-9H,10H2,1H3,(H2,16,17,18,19,21). The van der Waals surface area contributed by atoms with E-state index in [1.165, 1.54) is 0 Å². The molecule has 108 valence electrons. The third-order valence-corrected chi connectivity index (χ3v) is 2.89. The summed E-state index contributed by atoms with van der Waals surface area (Å²) in [5.74, 6) is 1.16. The van der Waals surface area contributed by atoms with Crippen molar-refractivity contribution in [1.29, 1.82) is 0 Å². The number of methoxy groups -OCH3 is 1. The van der Waals surface area contributed by atoms with Crippen LogP contribution in [0.5, 0.6) is 5.75 Å². The Morgan fingerprint density at radius 3 is 2.62 bits per heavy atom. The third-order valence-electron chi connectivity index (χ3n) is 2.68. The maximum Gasteiger partial charge on any atom is 0.230 e. The fourth-order valence-corrected chi connectivity index (χ4v) is 1.90. The number of nitrogens with zero attached hydrogens (tertiary/aromatic N) is 1. The van der Waals surface area contributed by atoms with E-state index >= 15 is 0 Å². The lowest BCUT2D eigenvalue weighted by atomic mass is 10.1. The van der Waals surface area contributed by atoms with Gasteiger partial charge in [0.15, 0.2) is 5.11 Å². The quantitative estimate of drug-likeness (QED) is 0.847. The van der Waals surface area contributed by atoms with Gasteiger partial charge in [0.05, 0.1) is 13.5 Å². The second kappa shape index (κ2) is 7.35. The topological polar surface area (TPSA) is 63.2 Å². The Balaban J connectivity index is 1.84. The summed E-state index contributed by atoms with van der Waals surface area (Å²) >= 11 is 5.06. The number of carbonyl (C=O) groups excluding carboxylic acids is 1. The second-order valence-electron chi connectivity index (χ2n) is 4.24. The van der Waals surface area contributed by atoms with Gasteiger partial charge in [0.25, 0.3) is 0 Å². The van der Waals surface area contributed by atoms with E-state index < -0.39 is 0 Å². The van der Waals surface area contributed by atoms with Crippen LogP contribution in [-0.4, -0.2) is 23.1 Å². The van der Waals surface area contributed by atoms with Crippen molar-refractivity contribution in [3.05, 3.63) is 54.2 Å². The highest BCUT2D eigenvalue weighted by Gasteiger charge is 2.06. The molecule has 0 aliphatic heterocycles. The Morgan fingerprint density at radius 1 is 1.24 bits per heavy atom. The van der Waals surface area contributed by atoms with Crippen molar-refractivity contribution in [2.24, 2.45) is 0 Å². The smallest absolute Gasteiger partial charge is 0.230 e. The number of aromatic nitrogens is 1. The number of rotatable bonds is 4. The van der Waals surface area contributed by atoms with Crippen LogP contribution in [0.3, 0.4) is 0 Å². The highest BCUT2D eigenvalue weighted by Crippen LogP contribution is 2.11. The fourth-order valence-electron chi connectivity index (χ4n) is 1.68. The predicted molar refractivity (Wildman–Crippen MR) is 85.3 cm³/mol. The zero-order valence-corrected chi connectivity index (χ0v) is 12.3. The molecule has 1 heterocycles. The molecule has 2 rings (SSSR count). The van der Waals surface area contributed by atoms with Crippen molar-refractivity contribution in [2.75, 3.05) is 12.4 Å². The molecule has 2 N–H and O–H groups in total. The number of carbonyl (C=O) groups is 1. The summed E-state index contributed by atoms with van der Waals surface area (Å²) in [5.41, 5.74) is 0.883. The Bertz CT molecular complexity index is 615. The van der Waals surface area contributed by atoms with Gasteiger partial charge in [-0.05, 0) is 42.0 Å². The summed E-state index contributed by atoms with van der Waals surface area (Å²) in [6, 6.07) is 12.7. The van der Waals surface area contributed by atoms with E-state index in [9.17, 15) is 4.79 Å². The van der Waals surface area contributed by atoms with E-state index in [1.807, 2.05) is 30.3 Å². The van der Waals surface area contributed by atoms with E-state index in [1.54, 1.807) is 25.4 Å². The highest BCUT2D eigenvalue weighted by molar-refractivity contribution is 7.80. The molecule has 6 heteroatoms. The molecular weight excluding hydrogens is 286 g/mol. The number of nitrogens with one attached hydrogen (secondary N) is 2. The zero-order chi connectivity index (χ0) is 15.1. The summed E-state index contributed by atoms with van der Waals surface area (Å²) in [6.45, 7) is 0. The largest absolute Gasteiger partial charge is 0.497 e. The van der Waals surface area contributed by atoms with E-state index in [2.05, 4.69) is 15.6 Å². The van der Waals surface area contributed by atoms with Crippen molar-refractivity contribution in [3.63, 3.8) is 0 Å². The van der Waals surface area contributed by atoms with Gasteiger partial charge in [-0.25, -0.2) is 4.98 Å². The number of thiocarbonyl (C=S) groups is 1. The van der Waals surface area contributed by atoms with Crippen molar-refractivity contribution >= 4 is 29.1 Å². The lowest BCUT2D eigenvalue weighted by Gasteiger charge is -2.09. The lowest BCUT2D eigenvalue weighted by Crippen LogP contribution is -2.35. The first-order valence-electron chi connectivity index (χ1n) is 6.32. The van der Waals surface area contributed by atoms with E-state index in [4.69, 9.17) is 17.0 Å². The minimum Gasteiger partial charge on any atom is -0.497 e. The van der Waals surface area contributed by atoms with Crippen LogP contribution < -0.4 is 15.4 Å². The molecule has 0 bridgehead atoms. The average molecular weight is 301 g/mol. The first kappa shape index (κ1) is 14.9. The van der Waals surface area contributed by atoms with Gasteiger partial charge < -0.3 is 15.4 Å². The zero-order valence-electron chi connectivity index (χ0n) is 11.5. The van der Waals surface area contributed by atoms with Crippen molar-refractivity contribution in [1.82, 2.24) is 10.3 Å². The molecule has 0 spiro atoms. The molecule has 2 aromatic rings. The monoisotopic (exact) mass is 301 g/mol. The molecule has 1 aromatic heterocycles. The Labute approximate surface area is 128 Å². The van der Waals surface area contributed by atoms with Crippen LogP contribution in [0.15, 0.2) is 48.7 Å². The SMILES string of the molecule is COc1ccc(CC(=O)NC(=S)Nc2ccccn2)cc1. The van der Waals surface area contributed by atoms with Crippen LogP contribution in [-0.2, 0) is 11.2 Å². The Morgan fingerprint density at radius 2 is 2.00 bits per heavy atom. The van der Waals surface area contributed by atoms with Crippen LogP contribution in [0.2, 0.25) is 0 Å². The summed E-state index contributed by atoms with van der Waals surface area (Å²) in [5, 5.41) is 5.69. The molecule has 0 saturated heterocycles. The van der Waals surface area contributed by atoms with Gasteiger partial charge in [-0.3, -0.25) is 4.79 Å². The molecule has 0 fully saturated rings. The molecule has 0 aliphatic carbocycles. The molecule has 0 atom stereocenters. The van der Waals surface area contributed by atoms with Crippen molar-refractivity contribution < 1.29 is 9.53 Å². The molecular formula is C15H15N3O2S. The first-order valence-corrected chi connectivity index (χ1v) is 6.73. The van der Waals surface area contributed by atoms with E-state index in [-0.39, 0.29) is 17.4 Å². The predicted octanol–water partition coefficient (Wildman–Crippen LogP) is 2.15. The fraction of sp³-hybridized carbons (Fsp3) is 0.133. The minimum absolute atomic E-state index is 0.186. The van der Waals surface area contributed by atoms with Gasteiger partial charge in [-0.15, -0.1) is 0 Å². The molecule has 21 heavy (non-hydrogen) atoms. The number of ether oxygens (including phenoxy) is 1. The highest BCUT2D eigenvalue weighted by atomic mass is 32.1. The van der Waals surface area contributed by atoms with Crippen molar-refractivity contribution in [2.45, 2.75) is 6.42 Å². The first-order chi connectivity index (χ1) is 10.2. The molecule has 0 saturated carbocycles. The number of amides is 1. The summed E-state index contributed by atoms with van der Waals surface area (Å²) in [4.78, 5) is 15.9. The van der Waals surface area contributed by atoms with Crippen LogP contribution in [0.1, 0.15) is 5.56 Å². The van der Waals surface area contributed by atoms with Gasteiger partial charge in [0.1, 0.15) is 11.6 Å². The molecule has 0 unspecified atom stereocenters. The minimum atomic E-state index is -0.186. The summed E-state index contributed by atoms with van der Waals surface area (Å²) < 4.78 is 5.07. The number of hydrogen-bond donors (Lipinski definition) is 2. The van der Waals surface area contributed by atoms with Gasteiger partial charge in [-0.1, -0.05) is 18.2 Å². The summed E-state index contributed by atoms with van der Waals surface area (Å²) in [7, 11) is 1.60. The van der Waals surface area contributed by atoms with Crippen LogP contribution in [0, 0.1) is 0 Å². The maximum atomic E-state index is 11.9. The molecule has 1 aromatic carbocycles. The van der Waals surface area contributed by atoms with Crippen LogP contribution in [0.4, 0.5) is 5.82 Å². The normalized spacial score (nSPS) is 9.76. The Hall–Kier alpha value is -2.47. The van der Waals surface area contributed by atoms with Gasteiger partial charge in [0.2, 0.25) is 5.91 Å². The van der Waals surface area contributed by atoms with Crippen molar-refractivity contribution in [3.8, 4) is 5.75 Å². The second-order valence-corrected chi connectivity index (χ2v) is 4.65. The molecule has 1 amide bonds. The lowest BCUT2D eigenvalue weighted by molar-refractivity contribution is -0.119. The van der Waals surface area contributed by atoms with Crippen LogP contribution >= 0.6 is 12.2 Å². The van der Waals surface area contributed by atoms with Gasteiger partial charge in [-0.2, -0.15) is 0 Å². The molecule has 0 aliphatic rings. The van der Waals surface area contributed by atoms with E-state index in [0.29, 0.717) is 5.82 Å². The van der Waals surface area contributed by atoms with Crippen LogP contribution in [0.25, 0.3) is 0 Å². The number of anilines is 1. The Kier molecular flexibility index (Phi) is 5.22. The number of pyridine rings is 1. The van der Waals surface area contributed by atoms with Gasteiger partial charge >= 0.3 is 0 Å². The maximum absolute atomic E-state index is 11.9. The number of benzene rings is 1. The molecule has 5 nitrogen and oxygen atoms in total. The summed E-state index contributed by atoms with van der Waals surface area (Å²) in [6.07, 6.45) is 1.89. The third kappa shape index (κ3) is 4.85. The number of hydrogen-bond acceptors (Lipinski definition) is 4.